The Balaban J connectivity index is 3.15. The van der Waals surface area contributed by atoms with Crippen LogP contribution in [0.5, 0.6) is 0 Å². The van der Waals surface area contributed by atoms with Gasteiger partial charge in [0.1, 0.15) is 0 Å². The number of carboxylic acids is 1. The Morgan fingerprint density at radius 3 is 2.60 bits per heavy atom. The van der Waals surface area contributed by atoms with E-state index in [0.29, 0.717) is 14.8 Å². The molecule has 1 aromatic rings. The van der Waals surface area contributed by atoms with Gasteiger partial charge in [0.15, 0.2) is 0 Å². The molecule has 0 aliphatic rings. The first-order valence-electron chi connectivity index (χ1n) is 2.57. The molecule has 0 atom stereocenters. The Kier molecular flexibility index (Phi) is 1.78. The summed E-state index contributed by atoms with van der Waals surface area (Å²) in [6.07, 6.45) is 0. The maximum absolute atomic E-state index is 10.4. The minimum absolute atomic E-state index is 0.254. The van der Waals surface area contributed by atoms with E-state index in [1.165, 1.54) is 0 Å². The van der Waals surface area contributed by atoms with Gasteiger partial charge in [0.2, 0.25) is 0 Å². The quantitative estimate of drug-likeness (QED) is 0.618. The third-order valence-electron chi connectivity index (χ3n) is 1.01. The fourth-order valence-corrected chi connectivity index (χ4v) is 2.03. The van der Waals surface area contributed by atoms with Crippen molar-refractivity contribution in [3.63, 3.8) is 0 Å². The van der Waals surface area contributed by atoms with E-state index < -0.39 is 5.97 Å². The van der Waals surface area contributed by atoms with Crippen LogP contribution in [0.3, 0.4) is 0 Å². The van der Waals surface area contributed by atoms with Crippen molar-refractivity contribution in [2.24, 2.45) is 0 Å². The van der Waals surface area contributed by atoms with E-state index in [1.807, 2.05) is 0 Å². The zero-order chi connectivity index (χ0) is 7.72. The van der Waals surface area contributed by atoms with Crippen LogP contribution in [-0.4, -0.2) is 30.6 Å². The van der Waals surface area contributed by atoms with Crippen LogP contribution in [0.4, 0.5) is 4.69 Å². The standard InChI is InChI=1S/C5H6N2O2Se/c1-2-3(4(8)9)10-5(6)7-2/h1H3,(H2,6,7)(H,8,9). The molecule has 5 heteroatoms. The topological polar surface area (TPSA) is 76.2 Å². The summed E-state index contributed by atoms with van der Waals surface area (Å²) in [6.45, 7) is 1.66. The van der Waals surface area contributed by atoms with Crippen LogP contribution in [-0.2, 0) is 0 Å². The second-order valence-corrected chi connectivity index (χ2v) is 3.93. The van der Waals surface area contributed by atoms with Crippen molar-refractivity contribution in [1.29, 1.82) is 0 Å². The predicted octanol–water partition coefficient (Wildman–Crippen LogP) is -0.273. The molecule has 0 aromatic carbocycles. The number of aromatic nitrogens is 1. The van der Waals surface area contributed by atoms with Gasteiger partial charge in [-0.25, -0.2) is 0 Å². The molecule has 1 aromatic heterocycles. The molecule has 1 heterocycles. The van der Waals surface area contributed by atoms with Crippen LogP contribution in [0.15, 0.2) is 0 Å². The molecule has 0 spiro atoms. The minimum atomic E-state index is -0.901. The molecule has 0 fully saturated rings. The summed E-state index contributed by atoms with van der Waals surface area (Å²) >= 11 is -0.254. The Morgan fingerprint density at radius 2 is 2.40 bits per heavy atom. The van der Waals surface area contributed by atoms with E-state index in [1.54, 1.807) is 6.92 Å². The molecular weight excluding hydrogens is 199 g/mol. The van der Waals surface area contributed by atoms with Crippen molar-refractivity contribution in [3.05, 3.63) is 10.1 Å². The fraction of sp³-hybridized carbons (Fsp3) is 0.200. The van der Waals surface area contributed by atoms with E-state index in [9.17, 15) is 4.79 Å². The van der Waals surface area contributed by atoms with Crippen molar-refractivity contribution in [1.82, 2.24) is 4.98 Å². The number of nitrogens with zero attached hydrogens (tertiary/aromatic N) is 1. The number of anilines is 1. The van der Waals surface area contributed by atoms with Crippen LogP contribution in [0.1, 0.15) is 14.9 Å². The van der Waals surface area contributed by atoms with E-state index in [2.05, 4.69) is 4.98 Å². The Bertz CT molecular complexity index is 269. The van der Waals surface area contributed by atoms with Crippen molar-refractivity contribution >= 4 is 25.2 Å². The Labute approximate surface area is 63.4 Å². The first-order chi connectivity index (χ1) is 4.61. The molecule has 0 amide bonds. The molecule has 0 aliphatic heterocycles. The van der Waals surface area contributed by atoms with Gasteiger partial charge in [-0.3, -0.25) is 0 Å². The Morgan fingerprint density at radius 1 is 1.80 bits per heavy atom. The maximum atomic E-state index is 10.4. The molecule has 10 heavy (non-hydrogen) atoms. The van der Waals surface area contributed by atoms with Gasteiger partial charge in [-0.15, -0.1) is 0 Å². The molecule has 0 saturated heterocycles. The average Bonchev–Trinajstić information content (AvgIpc) is 2.10. The predicted molar refractivity (Wildman–Crippen MR) is 37.3 cm³/mol. The van der Waals surface area contributed by atoms with Gasteiger partial charge in [0, 0.05) is 0 Å². The van der Waals surface area contributed by atoms with E-state index in [0.717, 1.165) is 0 Å². The molecule has 0 aliphatic carbocycles. The van der Waals surface area contributed by atoms with Crippen LogP contribution in [0.25, 0.3) is 0 Å². The SMILES string of the molecule is Cc1nc(N)[se]c1C(=O)O. The van der Waals surface area contributed by atoms with Gasteiger partial charge in [-0.05, 0) is 0 Å². The van der Waals surface area contributed by atoms with Gasteiger partial charge in [-0.1, -0.05) is 0 Å². The van der Waals surface area contributed by atoms with E-state index in [-0.39, 0.29) is 14.5 Å². The summed E-state index contributed by atoms with van der Waals surface area (Å²) in [5, 5.41) is 8.53. The second-order valence-electron chi connectivity index (χ2n) is 1.77. The number of carbonyl (C=O) groups is 1. The molecule has 3 N–H and O–H groups in total. The van der Waals surface area contributed by atoms with Gasteiger partial charge in [-0.2, -0.15) is 0 Å². The van der Waals surface area contributed by atoms with Crippen LogP contribution >= 0.6 is 0 Å². The van der Waals surface area contributed by atoms with E-state index >= 15 is 0 Å². The van der Waals surface area contributed by atoms with Crippen LogP contribution < -0.4 is 5.73 Å². The van der Waals surface area contributed by atoms with Gasteiger partial charge in [0.25, 0.3) is 0 Å². The van der Waals surface area contributed by atoms with Gasteiger partial charge < -0.3 is 0 Å². The number of rotatable bonds is 1. The number of carboxylic acid groups (broad SMARTS) is 1. The van der Waals surface area contributed by atoms with Gasteiger partial charge in [0.05, 0.1) is 0 Å². The van der Waals surface area contributed by atoms with Crippen molar-refractivity contribution in [3.8, 4) is 0 Å². The number of aryl methyl sites for hydroxylation is 1. The Hall–Kier alpha value is -0.801. The van der Waals surface area contributed by atoms with Crippen LogP contribution in [0.2, 0.25) is 0 Å². The first kappa shape index (κ1) is 7.31. The molecule has 0 unspecified atom stereocenters. The summed E-state index contributed by atoms with van der Waals surface area (Å²) in [4.78, 5) is 14.2. The molecule has 0 saturated carbocycles. The molecule has 4 nitrogen and oxygen atoms in total. The summed E-state index contributed by atoms with van der Waals surface area (Å²) < 4.78 is 0.812. The number of nitrogens with two attached hydrogens (primary N) is 1. The van der Waals surface area contributed by atoms with Crippen molar-refractivity contribution in [2.45, 2.75) is 6.92 Å². The number of hydrogen-bond acceptors (Lipinski definition) is 3. The van der Waals surface area contributed by atoms with Gasteiger partial charge >= 0.3 is 62.8 Å². The fourth-order valence-electron chi connectivity index (χ4n) is 0.616. The zero-order valence-electron chi connectivity index (χ0n) is 5.29. The molecule has 54 valence electrons. The number of aromatic carboxylic acids is 1. The molecule has 0 bridgehead atoms. The molecule has 1 rings (SSSR count). The summed E-state index contributed by atoms with van der Waals surface area (Å²) in [5.41, 5.74) is 5.87. The summed E-state index contributed by atoms with van der Waals surface area (Å²) in [7, 11) is 0. The third-order valence-corrected chi connectivity index (χ3v) is 3.05. The second kappa shape index (κ2) is 2.44. The monoisotopic (exact) mass is 206 g/mol. The van der Waals surface area contributed by atoms with Crippen LogP contribution in [0, 0.1) is 6.92 Å². The summed E-state index contributed by atoms with van der Waals surface area (Å²) in [5.74, 6) is -0.901. The summed E-state index contributed by atoms with van der Waals surface area (Å²) in [6, 6.07) is 0. The zero-order valence-corrected chi connectivity index (χ0v) is 7.00. The van der Waals surface area contributed by atoms with Crippen molar-refractivity contribution < 1.29 is 9.90 Å². The van der Waals surface area contributed by atoms with E-state index in [4.69, 9.17) is 10.8 Å². The molecular formula is C5H6N2O2Se. The molecule has 0 radical (unpaired) electrons. The first-order valence-corrected chi connectivity index (χ1v) is 4.28. The number of nitrogen functional groups attached to an aromatic ring is 1. The average molecular weight is 205 g/mol. The normalized spacial score (nSPS) is 9.70. The number of hydrogen-bond donors (Lipinski definition) is 2. The third kappa shape index (κ3) is 1.20. The van der Waals surface area contributed by atoms with Crippen molar-refractivity contribution in [2.75, 3.05) is 5.73 Å².